The maximum atomic E-state index is 10.4. The second-order valence-electron chi connectivity index (χ2n) is 19.7. The number of aryl methyl sites for hydroxylation is 2. The molecule has 0 bridgehead atoms. The molecule has 0 aliphatic heterocycles. The maximum absolute atomic E-state index is 10.4. The number of phenols is 5. The molecule has 5 N–H and O–H groups in total. The minimum absolute atomic E-state index is 0.125. The Labute approximate surface area is 706 Å². The van der Waals surface area contributed by atoms with E-state index < -0.39 is 0 Å². The van der Waals surface area contributed by atoms with Crippen LogP contribution in [0.25, 0.3) is 21.9 Å². The number of aliphatic imine (C=N–C) groups is 5. The predicted molar refractivity (Wildman–Crippen MR) is 451 cm³/mol. The standard InChI is InChI=1S/C19H15NO.C17H13NO.2C14H13NO.C13H11NO.10BrH.5Ti/c21-19-16(14-20-17-11-5-2-6-12-17)10-7-13-18(19)15-8-3-1-4-9-15;19-17-11-10-13-6-4-5-9-15(13)16(17)12-18-14-7-2-1-3-8-14;2*1-11-6-5-7-12(14(11)16)10-15-13-8-3-2-4-9-13;15-13-9-5-4-6-11(13)10-14-12-7-2-1-3-8-12;;;;;;;;;;;;;;;/h1-14,21H;1-12,19H;2*2-10,16H,1H3;1-10,15H;10*1H;;;;;/q;;;;;;;;;;;;;;;5*+2/p-10. The Morgan fingerprint density at radius 1 is 0.255 bits per heavy atom. The Hall–Kier alpha value is -3.38. The van der Waals surface area contributed by atoms with E-state index in [1.54, 1.807) is 49.3 Å². The molecule has 12 aromatic carbocycles. The fourth-order valence-electron chi connectivity index (χ4n) is 8.39. The van der Waals surface area contributed by atoms with E-state index in [9.17, 15) is 25.5 Å². The molecule has 0 radical (unpaired) electrons. The molecule has 12 rings (SSSR count). The van der Waals surface area contributed by atoms with Crippen molar-refractivity contribution < 1.29 is 100 Å². The average Bonchev–Trinajstić information content (AvgIpc) is 0.718. The van der Waals surface area contributed by atoms with Gasteiger partial charge in [0.2, 0.25) is 0 Å². The summed E-state index contributed by atoms with van der Waals surface area (Å²) in [7, 11) is 0. The van der Waals surface area contributed by atoms with Gasteiger partial charge in [0, 0.05) is 64.5 Å². The van der Waals surface area contributed by atoms with E-state index >= 15 is 0 Å². The first kappa shape index (κ1) is 92.8. The summed E-state index contributed by atoms with van der Waals surface area (Å²) in [5.74, 6) is 1.34. The predicted octanol–water partition coefficient (Wildman–Crippen LogP) is 27.6. The molecule has 25 heteroatoms. The van der Waals surface area contributed by atoms with Crippen LogP contribution in [0.5, 0.6) is 28.7 Å². The van der Waals surface area contributed by atoms with Crippen LogP contribution in [-0.2, 0) is 74.8 Å². The van der Waals surface area contributed by atoms with Crippen molar-refractivity contribution >= 4 is 202 Å². The van der Waals surface area contributed by atoms with Crippen molar-refractivity contribution in [3.8, 4) is 39.9 Å². The van der Waals surface area contributed by atoms with Gasteiger partial charge in [-0.3, -0.25) is 25.0 Å². The summed E-state index contributed by atoms with van der Waals surface area (Å²) in [6.07, 6.45) is 8.42. The van der Waals surface area contributed by atoms with Crippen molar-refractivity contribution in [3.63, 3.8) is 0 Å². The molecule has 0 spiro atoms. The first-order valence-corrected chi connectivity index (χ1v) is 68.5. The molecule has 0 saturated heterocycles. The summed E-state index contributed by atoms with van der Waals surface area (Å²) in [5.41, 5.74) is 11.5. The molecule has 0 aromatic heterocycles. The monoisotopic (exact) mass is 2170 g/mol. The van der Waals surface area contributed by atoms with Crippen LogP contribution in [0.4, 0.5) is 28.4 Å². The van der Waals surface area contributed by atoms with Gasteiger partial charge in [0.15, 0.2) is 0 Å². The summed E-state index contributed by atoms with van der Waals surface area (Å²) >= 11 is 32.5. The number of aromatic hydroxyl groups is 5. The average molecular weight is 2180 g/mol. The van der Waals surface area contributed by atoms with E-state index in [-0.39, 0.29) is 92.1 Å². The Morgan fingerprint density at radius 2 is 0.539 bits per heavy atom. The molecule has 0 atom stereocenters. The van der Waals surface area contributed by atoms with Gasteiger partial charge < -0.3 is 25.5 Å². The zero-order chi connectivity index (χ0) is 74.4. The second kappa shape index (κ2) is 59.6. The van der Waals surface area contributed by atoms with Crippen LogP contribution in [0.15, 0.2) is 322 Å². The second-order valence-corrected chi connectivity index (χ2v) is 59.1. The van der Waals surface area contributed by atoms with Gasteiger partial charge in [-0.1, -0.05) is 200 Å². The first-order chi connectivity index (χ1) is 49.7. The number of phenolic OH excluding ortho intramolecular Hbond substituents is 5. The van der Waals surface area contributed by atoms with Gasteiger partial charge in [0.1, 0.15) is 28.7 Å². The van der Waals surface area contributed by atoms with Crippen LogP contribution in [0.1, 0.15) is 38.9 Å². The van der Waals surface area contributed by atoms with Crippen molar-refractivity contribution in [2.75, 3.05) is 0 Å². The van der Waals surface area contributed by atoms with E-state index in [2.05, 4.69) is 157 Å². The summed E-state index contributed by atoms with van der Waals surface area (Å²) < 4.78 is 0. The molecule has 0 amide bonds. The van der Waals surface area contributed by atoms with Crippen molar-refractivity contribution in [1.82, 2.24) is 0 Å². The van der Waals surface area contributed by atoms with Gasteiger partial charge in [0.25, 0.3) is 0 Å². The van der Waals surface area contributed by atoms with E-state index in [0.717, 1.165) is 83.7 Å². The summed E-state index contributed by atoms with van der Waals surface area (Å²) in [6, 6.07) is 93.7. The number of hydrogen-bond acceptors (Lipinski definition) is 10. The number of benzene rings is 12. The van der Waals surface area contributed by atoms with E-state index in [4.69, 9.17) is 0 Å². The van der Waals surface area contributed by atoms with Gasteiger partial charge in [0.05, 0.1) is 28.4 Å². The Balaban J connectivity index is 0.000000316. The van der Waals surface area contributed by atoms with Crippen molar-refractivity contribution in [3.05, 3.63) is 336 Å². The Kier molecular flexibility index (Phi) is 54.3. The third-order valence-electron chi connectivity index (χ3n) is 13.1. The fraction of sp³-hybridized carbons (Fsp3) is 0.0260. The number of para-hydroxylation sites is 9. The summed E-state index contributed by atoms with van der Waals surface area (Å²) in [5, 5.41) is 51.6. The minimum atomic E-state index is 0.125. The van der Waals surface area contributed by atoms with E-state index in [1.807, 2.05) is 293 Å². The van der Waals surface area contributed by atoms with Crippen molar-refractivity contribution in [2.24, 2.45) is 25.0 Å². The molecule has 12 aromatic rings. The number of nitrogens with zero attached hydrogens (tertiary/aromatic N) is 5. The quantitative estimate of drug-likeness (QED) is 0.0642. The van der Waals surface area contributed by atoms with Crippen LogP contribution in [0.3, 0.4) is 0 Å². The number of fused-ring (bicyclic) bond motifs is 1. The van der Waals surface area contributed by atoms with Crippen molar-refractivity contribution in [2.45, 2.75) is 13.8 Å². The van der Waals surface area contributed by atoms with E-state index in [0.29, 0.717) is 17.1 Å². The van der Waals surface area contributed by atoms with Crippen LogP contribution < -0.4 is 0 Å². The van der Waals surface area contributed by atoms with Gasteiger partial charge in [-0.15, -0.1) is 0 Å². The Bertz CT molecular complexity index is 4280. The van der Waals surface area contributed by atoms with Crippen LogP contribution in [0, 0.1) is 13.8 Å². The fourth-order valence-corrected chi connectivity index (χ4v) is 8.39. The molecule has 518 valence electrons. The van der Waals surface area contributed by atoms with Crippen molar-refractivity contribution in [1.29, 1.82) is 0 Å². The summed E-state index contributed by atoms with van der Waals surface area (Å²) in [6.45, 7) is 3.74. The topological polar surface area (TPSA) is 163 Å². The van der Waals surface area contributed by atoms with Crippen LogP contribution in [-0.4, -0.2) is 56.6 Å². The molecular formula is C77H65Br10N5O5Ti5. The van der Waals surface area contributed by atoms with Gasteiger partial charge in [-0.25, -0.2) is 0 Å². The van der Waals surface area contributed by atoms with Crippen LogP contribution in [0.2, 0.25) is 0 Å². The zero-order valence-electron chi connectivity index (χ0n) is 54.4. The first-order valence-electron chi connectivity index (χ1n) is 29.9. The van der Waals surface area contributed by atoms with E-state index in [1.165, 1.54) is 0 Å². The molecule has 0 unspecified atom stereocenters. The van der Waals surface area contributed by atoms with Gasteiger partial charge in [-0.05, 0) is 138 Å². The number of hydrogen-bond donors (Lipinski definition) is 5. The summed E-state index contributed by atoms with van der Waals surface area (Å²) in [4.78, 5) is 21.6. The molecule has 0 aliphatic rings. The molecule has 0 aliphatic carbocycles. The molecule has 0 fully saturated rings. The molecule has 102 heavy (non-hydrogen) atoms. The number of rotatable bonds is 11. The molecular weight excluding hydrogens is 2110 g/mol. The normalized spacial score (nSPS) is 9.96. The van der Waals surface area contributed by atoms with Gasteiger partial charge >= 0.3 is 206 Å². The molecule has 10 nitrogen and oxygen atoms in total. The number of halogens is 10. The third kappa shape index (κ3) is 38.9. The molecule has 0 heterocycles. The molecule has 0 saturated carbocycles. The Morgan fingerprint density at radius 3 is 0.912 bits per heavy atom. The van der Waals surface area contributed by atoms with Crippen LogP contribution >= 0.6 is 132 Å². The third-order valence-corrected chi connectivity index (χ3v) is 13.1. The SMILES string of the molecule is Cc1cccc(C=Nc2ccccc2)c1O.Cc1cccc(C=Nc2ccccc2)c1O.Oc1c(C=Nc2ccccc2)cccc1-c1ccccc1.Oc1ccc2ccccc2c1C=Nc1ccccc1.Oc1ccccc1C=Nc1ccccc1.[Br][Ti][Br].[Br][Ti][Br].[Br][Ti][Br].[Br][Ti][Br].[Br][Ti][Br]. The van der Waals surface area contributed by atoms with Gasteiger partial charge in [-0.2, -0.15) is 0 Å². The zero-order valence-corrected chi connectivity index (χ0v) is 78.1.